The normalized spacial score (nSPS) is 11.1. The topological polar surface area (TPSA) is 76.1 Å². The minimum atomic E-state index is -3.40. The summed E-state index contributed by atoms with van der Waals surface area (Å²) in [6.45, 7) is 0. The molecule has 0 bridgehead atoms. The number of aromatic nitrogens is 1. The van der Waals surface area contributed by atoms with Crippen molar-refractivity contribution in [1.82, 2.24) is 4.98 Å². The van der Waals surface area contributed by atoms with E-state index in [1.165, 1.54) is 24.4 Å². The van der Waals surface area contributed by atoms with Crippen molar-refractivity contribution in [3.63, 3.8) is 0 Å². The third kappa shape index (κ3) is 3.34. The summed E-state index contributed by atoms with van der Waals surface area (Å²) in [5, 5.41) is 2.78. The van der Waals surface area contributed by atoms with E-state index >= 15 is 0 Å². The minimum Gasteiger partial charge on any atom is -0.321 e. The van der Waals surface area contributed by atoms with Crippen molar-refractivity contribution in [2.45, 2.75) is 4.90 Å². The van der Waals surface area contributed by atoms with E-state index < -0.39 is 15.7 Å². The first-order valence-electron chi connectivity index (χ1n) is 5.59. The van der Waals surface area contributed by atoms with Gasteiger partial charge in [-0.25, -0.2) is 8.42 Å². The van der Waals surface area contributed by atoms with E-state index in [0.29, 0.717) is 5.69 Å². The molecule has 0 aliphatic carbocycles. The number of hydrogen-bond acceptors (Lipinski definition) is 4. The smallest absolute Gasteiger partial charge is 0.257 e. The lowest BCUT2D eigenvalue weighted by atomic mass is 10.2. The number of amides is 1. The molecule has 0 aliphatic rings. The van der Waals surface area contributed by atoms with Crippen LogP contribution in [0.1, 0.15) is 10.4 Å². The van der Waals surface area contributed by atoms with Crippen LogP contribution in [0.15, 0.2) is 47.6 Å². The third-order valence-corrected chi connectivity index (χ3v) is 3.97. The van der Waals surface area contributed by atoms with Gasteiger partial charge >= 0.3 is 0 Å². The average Bonchev–Trinajstić information content (AvgIpc) is 2.39. The Morgan fingerprint density at radius 2 is 2.05 bits per heavy atom. The Bertz CT molecular complexity index is 745. The summed E-state index contributed by atoms with van der Waals surface area (Å²) in [7, 11) is -3.40. The van der Waals surface area contributed by atoms with E-state index in [-0.39, 0.29) is 15.5 Å². The molecule has 1 heterocycles. The second kappa shape index (κ2) is 5.60. The molecule has 0 atom stereocenters. The van der Waals surface area contributed by atoms with Gasteiger partial charge in [0.15, 0.2) is 9.84 Å². The zero-order chi connectivity index (χ0) is 14.8. The number of hydrogen-bond donors (Lipinski definition) is 1. The van der Waals surface area contributed by atoms with Crippen LogP contribution in [0.3, 0.4) is 0 Å². The highest BCUT2D eigenvalue weighted by Crippen LogP contribution is 2.21. The highest BCUT2D eigenvalue weighted by Gasteiger charge is 2.15. The van der Waals surface area contributed by atoms with E-state index in [9.17, 15) is 13.2 Å². The molecule has 0 spiro atoms. The molecule has 1 amide bonds. The molecule has 1 N–H and O–H groups in total. The van der Waals surface area contributed by atoms with Crippen LogP contribution in [0.25, 0.3) is 0 Å². The maximum Gasteiger partial charge on any atom is 0.257 e. The summed E-state index contributed by atoms with van der Waals surface area (Å²) in [6, 6.07) is 7.33. The van der Waals surface area contributed by atoms with Crippen molar-refractivity contribution in [1.29, 1.82) is 0 Å². The van der Waals surface area contributed by atoms with Gasteiger partial charge in [-0.1, -0.05) is 11.6 Å². The van der Waals surface area contributed by atoms with Crippen LogP contribution >= 0.6 is 11.6 Å². The fraction of sp³-hybridized carbons (Fsp3) is 0.0769. The molecule has 2 rings (SSSR count). The first kappa shape index (κ1) is 14.5. The van der Waals surface area contributed by atoms with Gasteiger partial charge in [-0.2, -0.15) is 0 Å². The fourth-order valence-corrected chi connectivity index (χ4v) is 2.39. The highest BCUT2D eigenvalue weighted by atomic mass is 35.5. The number of carbonyl (C=O) groups is 1. The van der Waals surface area contributed by atoms with Crippen molar-refractivity contribution >= 4 is 33.0 Å². The largest absolute Gasteiger partial charge is 0.321 e. The fourth-order valence-electron chi connectivity index (χ4n) is 1.54. The van der Waals surface area contributed by atoms with Crippen molar-refractivity contribution in [3.05, 3.63) is 53.3 Å². The lowest BCUT2D eigenvalue weighted by Gasteiger charge is -2.08. The molecule has 1 aromatic heterocycles. The van der Waals surface area contributed by atoms with Gasteiger partial charge in [0.1, 0.15) is 0 Å². The molecule has 5 nitrogen and oxygen atoms in total. The van der Waals surface area contributed by atoms with E-state index in [1.54, 1.807) is 18.3 Å². The van der Waals surface area contributed by atoms with Crippen LogP contribution in [0.4, 0.5) is 5.69 Å². The second-order valence-electron chi connectivity index (χ2n) is 4.11. The summed E-state index contributed by atoms with van der Waals surface area (Å²) in [4.78, 5) is 16.0. The highest BCUT2D eigenvalue weighted by molar-refractivity contribution is 7.90. The Morgan fingerprint density at radius 1 is 1.30 bits per heavy atom. The Hall–Kier alpha value is -1.92. The van der Waals surface area contributed by atoms with Crippen molar-refractivity contribution in [2.75, 3.05) is 11.6 Å². The number of pyridine rings is 1. The van der Waals surface area contributed by atoms with Crippen molar-refractivity contribution in [2.24, 2.45) is 0 Å². The van der Waals surface area contributed by atoms with Gasteiger partial charge in [0.05, 0.1) is 27.4 Å². The predicted molar refractivity (Wildman–Crippen MR) is 76.8 cm³/mol. The van der Waals surface area contributed by atoms with Crippen molar-refractivity contribution in [3.8, 4) is 0 Å². The maximum atomic E-state index is 12.1. The quantitative estimate of drug-likeness (QED) is 0.944. The Kier molecular flexibility index (Phi) is 4.06. The molecule has 20 heavy (non-hydrogen) atoms. The Balaban J connectivity index is 2.35. The molecular formula is C13H11ClN2O3S. The average molecular weight is 311 g/mol. The van der Waals surface area contributed by atoms with Gasteiger partial charge in [-0.05, 0) is 30.3 Å². The number of rotatable bonds is 3. The first-order valence-corrected chi connectivity index (χ1v) is 7.86. The molecule has 0 aliphatic heterocycles. The third-order valence-electron chi connectivity index (χ3n) is 2.53. The minimum absolute atomic E-state index is 0.0400. The van der Waals surface area contributed by atoms with Gasteiger partial charge in [0, 0.05) is 12.5 Å². The van der Waals surface area contributed by atoms with Crippen LogP contribution in [-0.2, 0) is 9.84 Å². The number of nitrogens with one attached hydrogen (secondary N) is 1. The molecule has 7 heteroatoms. The van der Waals surface area contributed by atoms with E-state index in [1.807, 2.05) is 0 Å². The lowest BCUT2D eigenvalue weighted by Crippen LogP contribution is -2.13. The zero-order valence-electron chi connectivity index (χ0n) is 10.5. The van der Waals surface area contributed by atoms with Crippen LogP contribution in [0.5, 0.6) is 0 Å². The Morgan fingerprint density at radius 3 is 2.65 bits per heavy atom. The van der Waals surface area contributed by atoms with Crippen LogP contribution < -0.4 is 5.32 Å². The molecule has 1 aromatic carbocycles. The second-order valence-corrected chi connectivity index (χ2v) is 6.53. The molecule has 2 aromatic rings. The van der Waals surface area contributed by atoms with E-state index in [4.69, 9.17) is 11.6 Å². The van der Waals surface area contributed by atoms with Gasteiger partial charge < -0.3 is 5.32 Å². The lowest BCUT2D eigenvalue weighted by molar-refractivity contribution is 0.102. The maximum absolute atomic E-state index is 12.1. The van der Waals surface area contributed by atoms with Gasteiger partial charge in [-0.15, -0.1) is 0 Å². The number of benzene rings is 1. The number of halogens is 1. The van der Waals surface area contributed by atoms with E-state index in [0.717, 1.165) is 6.26 Å². The standard InChI is InChI=1S/C13H11ClN2O3S/c1-20(18,19)10-4-5-12(14)11(7-10)13(17)16-9-3-2-6-15-8-9/h2-8H,1H3,(H,16,17). The van der Waals surface area contributed by atoms with E-state index in [2.05, 4.69) is 10.3 Å². The number of carbonyl (C=O) groups excluding carboxylic acids is 1. The van der Waals surface area contributed by atoms with Crippen LogP contribution in [0.2, 0.25) is 5.02 Å². The van der Waals surface area contributed by atoms with Crippen molar-refractivity contribution < 1.29 is 13.2 Å². The number of nitrogens with zero attached hydrogens (tertiary/aromatic N) is 1. The Labute approximate surface area is 121 Å². The molecular weight excluding hydrogens is 300 g/mol. The summed E-state index contributed by atoms with van der Waals surface area (Å²) >= 11 is 5.94. The summed E-state index contributed by atoms with van der Waals surface area (Å²) in [5.41, 5.74) is 0.594. The molecule has 104 valence electrons. The number of anilines is 1. The number of sulfone groups is 1. The zero-order valence-corrected chi connectivity index (χ0v) is 12.1. The molecule has 0 unspecified atom stereocenters. The summed E-state index contributed by atoms with van der Waals surface area (Å²) in [6.07, 6.45) is 4.12. The van der Waals surface area contributed by atoms with Gasteiger partial charge in [0.2, 0.25) is 0 Å². The monoisotopic (exact) mass is 310 g/mol. The molecule has 0 radical (unpaired) electrons. The molecule has 0 saturated heterocycles. The summed E-state index contributed by atoms with van der Waals surface area (Å²) in [5.74, 6) is -0.492. The predicted octanol–water partition coefficient (Wildman–Crippen LogP) is 2.39. The first-order chi connectivity index (χ1) is 9.38. The van der Waals surface area contributed by atoms with Crippen LogP contribution in [0, 0.1) is 0 Å². The molecule has 0 fully saturated rings. The van der Waals surface area contributed by atoms with Gasteiger partial charge in [-0.3, -0.25) is 9.78 Å². The molecule has 0 saturated carbocycles. The van der Waals surface area contributed by atoms with Crippen LogP contribution in [-0.4, -0.2) is 25.6 Å². The SMILES string of the molecule is CS(=O)(=O)c1ccc(Cl)c(C(=O)Nc2cccnc2)c1. The van der Waals surface area contributed by atoms with Gasteiger partial charge in [0.25, 0.3) is 5.91 Å². The summed E-state index contributed by atoms with van der Waals surface area (Å²) < 4.78 is 23.0.